The highest BCUT2D eigenvalue weighted by Gasteiger charge is 2.34. The van der Waals surface area contributed by atoms with Gasteiger partial charge >= 0.3 is 6.18 Å². The molecular formula is C11H13ClF3NO4S. The van der Waals surface area contributed by atoms with Crippen molar-refractivity contribution in [2.24, 2.45) is 0 Å². The molecule has 0 N–H and O–H groups in total. The van der Waals surface area contributed by atoms with Gasteiger partial charge in [0.15, 0.2) is 5.76 Å². The number of furan rings is 1. The van der Waals surface area contributed by atoms with Gasteiger partial charge in [-0.15, -0.1) is 0 Å². The SMILES string of the molecule is CCCN(CC(F)(F)F)C(=O)c1cc(S(=O)(=O)Cl)c(C)o1. The average molecular weight is 348 g/mol. The zero-order valence-corrected chi connectivity index (χ0v) is 12.8. The Hall–Kier alpha value is -1.22. The van der Waals surface area contributed by atoms with E-state index in [1.54, 1.807) is 6.92 Å². The Bertz CT molecular complexity index is 624. The van der Waals surface area contributed by atoms with Crippen molar-refractivity contribution < 1.29 is 30.8 Å². The van der Waals surface area contributed by atoms with Gasteiger partial charge in [0.25, 0.3) is 15.0 Å². The minimum atomic E-state index is -4.56. The lowest BCUT2D eigenvalue weighted by atomic mass is 10.3. The minimum Gasteiger partial charge on any atom is -0.455 e. The molecule has 0 saturated heterocycles. The molecule has 0 bridgehead atoms. The summed E-state index contributed by atoms with van der Waals surface area (Å²) >= 11 is 0. The molecule has 1 aromatic heterocycles. The predicted molar refractivity (Wildman–Crippen MR) is 68.7 cm³/mol. The fourth-order valence-electron chi connectivity index (χ4n) is 1.71. The lowest BCUT2D eigenvalue weighted by Gasteiger charge is -2.22. The second-order valence-corrected chi connectivity index (χ2v) is 6.85. The Balaban J connectivity index is 3.10. The standard InChI is InChI=1S/C11H13ClF3NO4S/c1-3-4-16(6-11(13,14)15)10(17)8-5-9(7(2)20-8)21(12,18)19/h5H,3-4,6H2,1-2H3. The van der Waals surface area contributed by atoms with Gasteiger partial charge in [-0.3, -0.25) is 4.79 Å². The van der Waals surface area contributed by atoms with E-state index < -0.39 is 38.3 Å². The number of aryl methyl sites for hydroxylation is 1. The molecule has 0 spiro atoms. The topological polar surface area (TPSA) is 67.6 Å². The molecule has 0 aliphatic carbocycles. The number of amides is 1. The van der Waals surface area contributed by atoms with E-state index in [-0.39, 0.29) is 12.3 Å². The third-order valence-corrected chi connectivity index (χ3v) is 3.93. The van der Waals surface area contributed by atoms with Crippen molar-refractivity contribution in [3.8, 4) is 0 Å². The van der Waals surface area contributed by atoms with E-state index in [2.05, 4.69) is 0 Å². The van der Waals surface area contributed by atoms with Crippen LogP contribution in [0.5, 0.6) is 0 Å². The zero-order valence-electron chi connectivity index (χ0n) is 11.2. The molecule has 10 heteroatoms. The number of halogens is 4. The zero-order chi connectivity index (χ0) is 16.4. The van der Waals surface area contributed by atoms with Gasteiger partial charge in [0.2, 0.25) is 0 Å². The van der Waals surface area contributed by atoms with Gasteiger partial charge in [-0.1, -0.05) is 6.92 Å². The second kappa shape index (κ2) is 6.27. The van der Waals surface area contributed by atoms with E-state index in [4.69, 9.17) is 15.1 Å². The Kier molecular flexibility index (Phi) is 5.32. The molecule has 21 heavy (non-hydrogen) atoms. The summed E-state index contributed by atoms with van der Waals surface area (Å²) in [6.45, 7) is 1.28. The van der Waals surface area contributed by atoms with Crippen LogP contribution >= 0.6 is 10.7 Å². The van der Waals surface area contributed by atoms with Crippen LogP contribution in [0.1, 0.15) is 29.7 Å². The van der Waals surface area contributed by atoms with Gasteiger partial charge < -0.3 is 9.32 Å². The first-order valence-electron chi connectivity index (χ1n) is 5.87. The molecule has 0 aliphatic rings. The number of alkyl halides is 3. The van der Waals surface area contributed by atoms with E-state index in [0.717, 1.165) is 6.07 Å². The van der Waals surface area contributed by atoms with Crippen LogP contribution in [0.2, 0.25) is 0 Å². The average Bonchev–Trinajstić information content (AvgIpc) is 2.67. The van der Waals surface area contributed by atoms with Gasteiger partial charge in [0.1, 0.15) is 17.2 Å². The van der Waals surface area contributed by atoms with Crippen LogP contribution in [-0.4, -0.2) is 38.5 Å². The third-order valence-electron chi connectivity index (χ3n) is 2.50. The van der Waals surface area contributed by atoms with Crippen LogP contribution in [0, 0.1) is 6.92 Å². The van der Waals surface area contributed by atoms with Crippen molar-refractivity contribution in [2.45, 2.75) is 31.3 Å². The fourth-order valence-corrected chi connectivity index (χ4v) is 2.80. The maximum Gasteiger partial charge on any atom is 0.406 e. The van der Waals surface area contributed by atoms with Crippen LogP contribution in [0.4, 0.5) is 13.2 Å². The summed E-state index contributed by atoms with van der Waals surface area (Å²) in [6.07, 6.45) is -4.25. The lowest BCUT2D eigenvalue weighted by Crippen LogP contribution is -2.39. The molecule has 1 heterocycles. The van der Waals surface area contributed by atoms with Gasteiger partial charge in [-0.25, -0.2) is 8.42 Å². The monoisotopic (exact) mass is 347 g/mol. The first-order valence-corrected chi connectivity index (χ1v) is 8.17. The minimum absolute atomic E-state index is 0.138. The lowest BCUT2D eigenvalue weighted by molar-refractivity contribution is -0.140. The quantitative estimate of drug-likeness (QED) is 0.768. The molecular weight excluding hydrogens is 335 g/mol. The number of rotatable bonds is 5. The van der Waals surface area contributed by atoms with Crippen molar-refractivity contribution in [1.29, 1.82) is 0 Å². The van der Waals surface area contributed by atoms with Gasteiger partial charge in [-0.05, 0) is 13.3 Å². The van der Waals surface area contributed by atoms with Crippen molar-refractivity contribution in [2.75, 3.05) is 13.1 Å². The van der Waals surface area contributed by atoms with Crippen LogP contribution in [-0.2, 0) is 9.05 Å². The maximum atomic E-state index is 12.4. The van der Waals surface area contributed by atoms with Crippen molar-refractivity contribution >= 4 is 25.6 Å². The fraction of sp³-hybridized carbons (Fsp3) is 0.545. The van der Waals surface area contributed by atoms with Gasteiger partial charge in [0, 0.05) is 23.3 Å². The number of nitrogens with zero attached hydrogens (tertiary/aromatic N) is 1. The molecule has 120 valence electrons. The molecule has 0 atom stereocenters. The van der Waals surface area contributed by atoms with E-state index in [1.807, 2.05) is 0 Å². The number of hydrogen-bond acceptors (Lipinski definition) is 4. The summed E-state index contributed by atoms with van der Waals surface area (Å²) in [4.78, 5) is 12.1. The van der Waals surface area contributed by atoms with Crippen molar-refractivity contribution in [3.05, 3.63) is 17.6 Å². The molecule has 0 aromatic carbocycles. The number of hydrogen-bond donors (Lipinski definition) is 0. The molecule has 5 nitrogen and oxygen atoms in total. The first kappa shape index (κ1) is 17.8. The summed E-state index contributed by atoms with van der Waals surface area (Å²) in [7, 11) is 1.00. The normalized spacial score (nSPS) is 12.5. The summed E-state index contributed by atoms with van der Waals surface area (Å²) in [5.74, 6) is -1.69. The molecule has 0 saturated carbocycles. The van der Waals surface area contributed by atoms with Gasteiger partial charge in [0.05, 0.1) is 0 Å². The highest BCUT2D eigenvalue weighted by Crippen LogP contribution is 2.25. The van der Waals surface area contributed by atoms with Crippen molar-refractivity contribution in [3.63, 3.8) is 0 Å². The molecule has 1 aromatic rings. The molecule has 0 fully saturated rings. The van der Waals surface area contributed by atoms with Crippen LogP contribution in [0.3, 0.4) is 0 Å². The molecule has 0 aliphatic heterocycles. The summed E-state index contributed by atoms with van der Waals surface area (Å²) in [6, 6.07) is 0.832. The van der Waals surface area contributed by atoms with E-state index >= 15 is 0 Å². The Morgan fingerprint density at radius 3 is 2.38 bits per heavy atom. The molecule has 1 amide bonds. The van der Waals surface area contributed by atoms with Crippen LogP contribution < -0.4 is 0 Å². The van der Waals surface area contributed by atoms with E-state index in [1.165, 1.54) is 6.92 Å². The number of carbonyl (C=O) groups is 1. The Labute approximate surface area is 124 Å². The summed E-state index contributed by atoms with van der Waals surface area (Å²) in [5.41, 5.74) is 0. The van der Waals surface area contributed by atoms with E-state index in [0.29, 0.717) is 11.3 Å². The first-order chi connectivity index (χ1) is 9.45. The molecule has 0 radical (unpaired) electrons. The molecule has 0 unspecified atom stereocenters. The summed E-state index contributed by atoms with van der Waals surface area (Å²) < 4.78 is 64.7. The number of carbonyl (C=O) groups excluding carboxylic acids is 1. The second-order valence-electron chi connectivity index (χ2n) is 4.31. The van der Waals surface area contributed by atoms with Crippen LogP contribution in [0.15, 0.2) is 15.4 Å². The third kappa shape index (κ3) is 4.92. The highest BCUT2D eigenvalue weighted by atomic mass is 35.7. The summed E-state index contributed by atoms with van der Waals surface area (Å²) in [5, 5.41) is 0. The van der Waals surface area contributed by atoms with Gasteiger partial charge in [-0.2, -0.15) is 13.2 Å². The van der Waals surface area contributed by atoms with Crippen LogP contribution in [0.25, 0.3) is 0 Å². The Morgan fingerprint density at radius 1 is 1.43 bits per heavy atom. The Morgan fingerprint density at radius 2 is 2.00 bits per heavy atom. The molecule has 1 rings (SSSR count). The maximum absolute atomic E-state index is 12.4. The van der Waals surface area contributed by atoms with Crippen molar-refractivity contribution in [1.82, 2.24) is 4.90 Å². The smallest absolute Gasteiger partial charge is 0.406 e. The predicted octanol–water partition coefficient (Wildman–Crippen LogP) is 2.93. The largest absolute Gasteiger partial charge is 0.455 e. The highest BCUT2D eigenvalue weighted by molar-refractivity contribution is 8.13. The van der Waals surface area contributed by atoms with E-state index in [9.17, 15) is 26.4 Å².